The minimum absolute atomic E-state index is 0.296. The number of hydrogen-bond acceptors (Lipinski definition) is 5. The second kappa shape index (κ2) is 5.80. The summed E-state index contributed by atoms with van der Waals surface area (Å²) in [6, 6.07) is 3.30. The molecule has 1 saturated heterocycles. The Hall–Kier alpha value is -0.600. The molecule has 19 heavy (non-hydrogen) atoms. The van der Waals surface area contributed by atoms with Crippen LogP contribution in [0, 0.1) is 0 Å². The Bertz CT molecular complexity index is 591. The van der Waals surface area contributed by atoms with Gasteiger partial charge in [0.2, 0.25) is 0 Å². The van der Waals surface area contributed by atoms with Crippen molar-refractivity contribution in [3.8, 4) is 0 Å². The molecule has 0 aliphatic carbocycles. The Morgan fingerprint density at radius 3 is 2.95 bits per heavy atom. The molecule has 2 rings (SSSR count). The molecule has 1 atom stereocenters. The maximum absolute atomic E-state index is 12.5. The zero-order chi connectivity index (χ0) is 14.0. The molecule has 104 valence electrons. The van der Waals surface area contributed by atoms with Crippen LogP contribution in [0.2, 0.25) is 0 Å². The molecule has 0 aromatic carbocycles. The van der Waals surface area contributed by atoms with E-state index in [2.05, 4.69) is 20.9 Å². The van der Waals surface area contributed by atoms with E-state index >= 15 is 0 Å². The lowest BCUT2D eigenvalue weighted by Gasteiger charge is -2.34. The first-order chi connectivity index (χ1) is 8.91. The molecule has 1 aliphatic rings. The third-order valence-corrected chi connectivity index (χ3v) is 6.10. The molecule has 1 amide bonds. The van der Waals surface area contributed by atoms with Crippen LogP contribution in [0.15, 0.2) is 22.9 Å². The molecule has 2 heterocycles. The van der Waals surface area contributed by atoms with Gasteiger partial charge in [-0.15, -0.1) is 0 Å². The Kier molecular flexibility index (Phi) is 4.52. The summed E-state index contributed by atoms with van der Waals surface area (Å²) in [5.41, 5.74) is 0.392. The maximum atomic E-state index is 12.5. The second-order valence-electron chi connectivity index (χ2n) is 4.20. The minimum Gasteiger partial charge on any atom is -0.320 e. The van der Waals surface area contributed by atoms with Crippen molar-refractivity contribution >= 4 is 43.4 Å². The maximum Gasteiger partial charge on any atom is 0.257 e. The van der Waals surface area contributed by atoms with Crippen LogP contribution in [-0.2, 0) is 9.84 Å². The standard InChI is InChI=1S/C11H13BrN2O3S2/c1-19(16,17)9-7-18-6-5-14(9)11(15)8-3-2-4-13-10(8)12/h2-4,9H,5-7H2,1H3. The third-order valence-electron chi connectivity index (χ3n) is 2.83. The quantitative estimate of drug-likeness (QED) is 0.742. The Labute approximate surface area is 124 Å². The van der Waals surface area contributed by atoms with Crippen molar-refractivity contribution in [1.82, 2.24) is 9.88 Å². The van der Waals surface area contributed by atoms with Crippen LogP contribution < -0.4 is 0 Å². The number of sulfone groups is 1. The summed E-state index contributed by atoms with van der Waals surface area (Å²) in [4.78, 5) is 17.9. The molecule has 0 saturated carbocycles. The largest absolute Gasteiger partial charge is 0.320 e. The molecule has 1 aromatic heterocycles. The first-order valence-corrected chi connectivity index (χ1v) is 9.49. The van der Waals surface area contributed by atoms with Crippen molar-refractivity contribution in [1.29, 1.82) is 0 Å². The summed E-state index contributed by atoms with van der Waals surface area (Å²) >= 11 is 4.77. The molecule has 0 N–H and O–H groups in total. The topological polar surface area (TPSA) is 67.3 Å². The molecule has 1 aromatic rings. The highest BCUT2D eigenvalue weighted by Gasteiger charge is 2.35. The molecule has 0 radical (unpaired) electrons. The SMILES string of the molecule is CS(=O)(=O)C1CSCCN1C(=O)c1cccnc1Br. The van der Waals surface area contributed by atoms with Crippen LogP contribution in [-0.4, -0.2) is 53.9 Å². The van der Waals surface area contributed by atoms with E-state index in [4.69, 9.17) is 0 Å². The second-order valence-corrected chi connectivity index (χ2v) is 8.30. The van der Waals surface area contributed by atoms with Gasteiger partial charge in [0.25, 0.3) is 5.91 Å². The lowest BCUT2D eigenvalue weighted by atomic mass is 10.2. The molecule has 0 spiro atoms. The average molecular weight is 365 g/mol. The van der Waals surface area contributed by atoms with Crippen LogP contribution in [0.5, 0.6) is 0 Å². The number of thioether (sulfide) groups is 1. The van der Waals surface area contributed by atoms with Gasteiger partial charge in [-0.3, -0.25) is 4.79 Å². The Morgan fingerprint density at radius 1 is 1.58 bits per heavy atom. The monoisotopic (exact) mass is 364 g/mol. The molecule has 8 heteroatoms. The number of aromatic nitrogens is 1. The van der Waals surface area contributed by atoms with E-state index in [-0.39, 0.29) is 5.91 Å². The number of rotatable bonds is 2. The van der Waals surface area contributed by atoms with Gasteiger partial charge in [0.15, 0.2) is 9.84 Å². The lowest BCUT2D eigenvalue weighted by Crippen LogP contribution is -2.50. The van der Waals surface area contributed by atoms with Crippen LogP contribution in [0.4, 0.5) is 0 Å². The summed E-state index contributed by atoms with van der Waals surface area (Å²) in [5.74, 6) is 0.869. The van der Waals surface area contributed by atoms with Crippen molar-refractivity contribution < 1.29 is 13.2 Å². The van der Waals surface area contributed by atoms with E-state index in [0.717, 1.165) is 5.75 Å². The highest BCUT2D eigenvalue weighted by molar-refractivity contribution is 9.10. The molecular formula is C11H13BrN2O3S2. The first kappa shape index (κ1) is 14.8. The summed E-state index contributed by atoms with van der Waals surface area (Å²) in [6.45, 7) is 0.433. The van der Waals surface area contributed by atoms with E-state index in [1.54, 1.807) is 30.1 Å². The molecule has 5 nitrogen and oxygen atoms in total. The van der Waals surface area contributed by atoms with Gasteiger partial charge < -0.3 is 4.90 Å². The van der Waals surface area contributed by atoms with Gasteiger partial charge in [-0.1, -0.05) is 0 Å². The predicted molar refractivity (Wildman–Crippen MR) is 78.9 cm³/mol. The molecule has 1 unspecified atom stereocenters. The van der Waals surface area contributed by atoms with Crippen molar-refractivity contribution in [2.45, 2.75) is 5.37 Å². The molecular weight excluding hydrogens is 352 g/mol. The zero-order valence-corrected chi connectivity index (χ0v) is 13.5. The van der Waals surface area contributed by atoms with Crippen LogP contribution in [0.1, 0.15) is 10.4 Å². The molecule has 1 fully saturated rings. The third kappa shape index (κ3) is 3.29. The van der Waals surface area contributed by atoms with Crippen molar-refractivity contribution in [2.75, 3.05) is 24.3 Å². The van der Waals surface area contributed by atoms with Gasteiger partial charge in [0, 0.05) is 30.5 Å². The van der Waals surface area contributed by atoms with Crippen LogP contribution in [0.3, 0.4) is 0 Å². The van der Waals surface area contributed by atoms with E-state index < -0.39 is 15.2 Å². The molecule has 1 aliphatic heterocycles. The van der Waals surface area contributed by atoms with Gasteiger partial charge in [-0.25, -0.2) is 13.4 Å². The van der Waals surface area contributed by atoms with E-state index in [0.29, 0.717) is 22.5 Å². The minimum atomic E-state index is -3.29. The van der Waals surface area contributed by atoms with E-state index in [9.17, 15) is 13.2 Å². The number of carbonyl (C=O) groups excluding carboxylic acids is 1. The van der Waals surface area contributed by atoms with Crippen molar-refractivity contribution in [3.63, 3.8) is 0 Å². The van der Waals surface area contributed by atoms with Crippen LogP contribution >= 0.6 is 27.7 Å². The highest BCUT2D eigenvalue weighted by Crippen LogP contribution is 2.24. The zero-order valence-electron chi connectivity index (χ0n) is 10.2. The summed E-state index contributed by atoms with van der Waals surface area (Å²) < 4.78 is 24.0. The van der Waals surface area contributed by atoms with Crippen molar-refractivity contribution in [3.05, 3.63) is 28.5 Å². The first-order valence-electron chi connectivity index (χ1n) is 5.59. The Balaban J connectivity index is 2.34. The fourth-order valence-electron chi connectivity index (χ4n) is 1.87. The van der Waals surface area contributed by atoms with E-state index in [1.807, 2.05) is 0 Å². The fraction of sp³-hybridized carbons (Fsp3) is 0.455. The van der Waals surface area contributed by atoms with Crippen molar-refractivity contribution in [2.24, 2.45) is 0 Å². The van der Waals surface area contributed by atoms with Gasteiger partial charge in [-0.05, 0) is 28.1 Å². The van der Waals surface area contributed by atoms with Gasteiger partial charge in [0.05, 0.1) is 5.56 Å². The van der Waals surface area contributed by atoms with Gasteiger partial charge in [-0.2, -0.15) is 11.8 Å². The number of carbonyl (C=O) groups is 1. The normalized spacial score (nSPS) is 20.3. The summed E-state index contributed by atoms with van der Waals surface area (Å²) in [6.07, 6.45) is 2.74. The Morgan fingerprint density at radius 2 is 2.32 bits per heavy atom. The van der Waals surface area contributed by atoms with Gasteiger partial charge >= 0.3 is 0 Å². The lowest BCUT2D eigenvalue weighted by molar-refractivity contribution is 0.0748. The smallest absolute Gasteiger partial charge is 0.257 e. The predicted octanol–water partition coefficient (Wildman–Crippen LogP) is 1.40. The number of amides is 1. The number of halogens is 1. The number of pyridine rings is 1. The summed E-state index contributed by atoms with van der Waals surface area (Å²) in [5, 5.41) is -0.758. The summed E-state index contributed by atoms with van der Waals surface area (Å²) in [7, 11) is -3.29. The van der Waals surface area contributed by atoms with E-state index in [1.165, 1.54) is 11.2 Å². The fourth-order valence-corrected chi connectivity index (χ4v) is 5.10. The van der Waals surface area contributed by atoms with Crippen LogP contribution in [0.25, 0.3) is 0 Å². The van der Waals surface area contributed by atoms with Gasteiger partial charge in [0.1, 0.15) is 9.98 Å². The molecule has 0 bridgehead atoms. The average Bonchev–Trinajstić information content (AvgIpc) is 2.37. The highest BCUT2D eigenvalue weighted by atomic mass is 79.9. The number of nitrogens with zero attached hydrogens (tertiary/aromatic N) is 2. The number of hydrogen-bond donors (Lipinski definition) is 0.